The second-order valence-corrected chi connectivity index (χ2v) is 6.85. The van der Waals surface area contributed by atoms with E-state index in [2.05, 4.69) is 5.32 Å². The van der Waals surface area contributed by atoms with Crippen LogP contribution in [0.3, 0.4) is 0 Å². The van der Waals surface area contributed by atoms with Crippen molar-refractivity contribution < 1.29 is 22.8 Å². The molecule has 1 fully saturated rings. The molecule has 1 aliphatic rings. The van der Waals surface area contributed by atoms with Gasteiger partial charge in [-0.1, -0.05) is 24.3 Å². The van der Waals surface area contributed by atoms with Gasteiger partial charge in [0.15, 0.2) is 0 Å². The van der Waals surface area contributed by atoms with Gasteiger partial charge in [0.1, 0.15) is 12.6 Å². The minimum absolute atomic E-state index is 0.288. The highest BCUT2D eigenvalue weighted by atomic mass is 19.4. The zero-order chi connectivity index (χ0) is 20.0. The lowest BCUT2D eigenvalue weighted by atomic mass is 10.1. The third-order valence-corrected chi connectivity index (χ3v) is 4.31. The summed E-state index contributed by atoms with van der Waals surface area (Å²) in [7, 11) is 3.90. The third-order valence-electron chi connectivity index (χ3n) is 4.31. The Labute approximate surface area is 156 Å². The minimum Gasteiger partial charge on any atom is -0.345 e. The van der Waals surface area contributed by atoms with Crippen molar-refractivity contribution in [3.63, 3.8) is 0 Å². The standard InChI is InChI=1S/C18H25F3N4O2/c1-24(2)11-14-7-4-3-6-13(14)10-22-17(27)25-9-5-8-15(25)16(26)23-12-18(19,20)21/h3-4,6-7,15H,5,8-12H2,1-2H3,(H,22,27)(H,23,26). The second kappa shape index (κ2) is 9.07. The van der Waals surface area contributed by atoms with Crippen molar-refractivity contribution in [3.8, 4) is 0 Å². The normalized spacial score (nSPS) is 17.3. The van der Waals surface area contributed by atoms with Crippen molar-refractivity contribution in [3.05, 3.63) is 35.4 Å². The van der Waals surface area contributed by atoms with Crippen LogP contribution in [0.2, 0.25) is 0 Å². The molecule has 6 nitrogen and oxygen atoms in total. The zero-order valence-electron chi connectivity index (χ0n) is 15.5. The van der Waals surface area contributed by atoms with Gasteiger partial charge < -0.3 is 20.4 Å². The lowest BCUT2D eigenvalue weighted by Crippen LogP contribution is -2.50. The number of nitrogens with one attached hydrogen (secondary N) is 2. The summed E-state index contributed by atoms with van der Waals surface area (Å²) >= 11 is 0. The van der Waals surface area contributed by atoms with Crippen molar-refractivity contribution in [1.29, 1.82) is 0 Å². The molecule has 27 heavy (non-hydrogen) atoms. The maximum Gasteiger partial charge on any atom is 0.405 e. The van der Waals surface area contributed by atoms with Crippen molar-refractivity contribution in [2.75, 3.05) is 27.2 Å². The molecule has 1 saturated heterocycles. The Morgan fingerprint density at radius 2 is 1.85 bits per heavy atom. The first-order valence-corrected chi connectivity index (χ1v) is 8.78. The molecule has 1 atom stereocenters. The van der Waals surface area contributed by atoms with Gasteiger partial charge in [-0.25, -0.2) is 4.79 Å². The maximum atomic E-state index is 12.5. The molecule has 3 amide bonds. The van der Waals surface area contributed by atoms with Gasteiger partial charge in [-0.15, -0.1) is 0 Å². The van der Waals surface area contributed by atoms with E-state index in [1.165, 1.54) is 4.90 Å². The Balaban J connectivity index is 1.94. The lowest BCUT2D eigenvalue weighted by Gasteiger charge is -2.25. The molecule has 1 aliphatic heterocycles. The first-order chi connectivity index (χ1) is 12.7. The van der Waals surface area contributed by atoms with Crippen molar-refractivity contribution in [2.24, 2.45) is 0 Å². The number of benzene rings is 1. The molecular formula is C18H25F3N4O2. The van der Waals surface area contributed by atoms with Crippen LogP contribution in [0.15, 0.2) is 24.3 Å². The second-order valence-electron chi connectivity index (χ2n) is 6.85. The maximum absolute atomic E-state index is 12.5. The molecule has 0 saturated carbocycles. The van der Waals surface area contributed by atoms with Crippen LogP contribution >= 0.6 is 0 Å². The SMILES string of the molecule is CN(C)Cc1ccccc1CNC(=O)N1CCCC1C(=O)NCC(F)(F)F. The monoisotopic (exact) mass is 386 g/mol. The van der Waals surface area contributed by atoms with Crippen LogP contribution in [-0.2, 0) is 17.9 Å². The Bertz CT molecular complexity index is 664. The Morgan fingerprint density at radius 1 is 1.19 bits per heavy atom. The summed E-state index contributed by atoms with van der Waals surface area (Å²) < 4.78 is 36.9. The Morgan fingerprint density at radius 3 is 2.48 bits per heavy atom. The molecule has 0 radical (unpaired) electrons. The van der Waals surface area contributed by atoms with E-state index in [1.54, 1.807) is 0 Å². The molecule has 1 aromatic rings. The average Bonchev–Trinajstić information content (AvgIpc) is 3.07. The molecule has 2 N–H and O–H groups in total. The molecule has 2 rings (SSSR count). The van der Waals surface area contributed by atoms with E-state index in [4.69, 9.17) is 0 Å². The van der Waals surface area contributed by atoms with Gasteiger partial charge in [-0.3, -0.25) is 4.79 Å². The van der Waals surface area contributed by atoms with E-state index >= 15 is 0 Å². The minimum atomic E-state index is -4.47. The highest BCUT2D eigenvalue weighted by molar-refractivity contribution is 5.87. The van der Waals surface area contributed by atoms with Crippen molar-refractivity contribution in [2.45, 2.75) is 38.1 Å². The average molecular weight is 386 g/mol. The molecule has 0 aromatic heterocycles. The first-order valence-electron chi connectivity index (χ1n) is 8.78. The van der Waals surface area contributed by atoms with E-state index in [1.807, 2.05) is 48.6 Å². The van der Waals surface area contributed by atoms with Gasteiger partial charge in [-0.05, 0) is 38.1 Å². The summed E-state index contributed by atoms with van der Waals surface area (Å²) in [5.41, 5.74) is 2.03. The van der Waals surface area contributed by atoms with Gasteiger partial charge in [-0.2, -0.15) is 13.2 Å². The largest absolute Gasteiger partial charge is 0.405 e. The summed E-state index contributed by atoms with van der Waals surface area (Å²) in [6.45, 7) is -0.0422. The van der Waals surface area contributed by atoms with Crippen LogP contribution in [0.4, 0.5) is 18.0 Å². The number of urea groups is 1. The number of carbonyl (C=O) groups is 2. The summed E-state index contributed by atoms with van der Waals surface area (Å²) in [6.07, 6.45) is -3.54. The van der Waals surface area contributed by atoms with Gasteiger partial charge >= 0.3 is 12.2 Å². The van der Waals surface area contributed by atoms with Gasteiger partial charge in [0.2, 0.25) is 5.91 Å². The molecule has 0 aliphatic carbocycles. The Hall–Kier alpha value is -2.29. The molecule has 1 heterocycles. The lowest BCUT2D eigenvalue weighted by molar-refractivity contribution is -0.140. The number of halogens is 3. The number of hydrogen-bond acceptors (Lipinski definition) is 3. The van der Waals surface area contributed by atoms with Gasteiger partial charge in [0, 0.05) is 19.6 Å². The van der Waals surface area contributed by atoms with Gasteiger partial charge in [0.05, 0.1) is 0 Å². The van der Waals surface area contributed by atoms with E-state index in [-0.39, 0.29) is 6.54 Å². The molecule has 0 bridgehead atoms. The molecule has 1 aromatic carbocycles. The molecule has 9 heteroatoms. The van der Waals surface area contributed by atoms with Crippen LogP contribution < -0.4 is 10.6 Å². The van der Waals surface area contributed by atoms with Crippen molar-refractivity contribution in [1.82, 2.24) is 20.4 Å². The van der Waals surface area contributed by atoms with E-state index in [0.29, 0.717) is 19.4 Å². The topological polar surface area (TPSA) is 64.7 Å². The smallest absolute Gasteiger partial charge is 0.345 e. The highest BCUT2D eigenvalue weighted by Crippen LogP contribution is 2.19. The summed E-state index contributed by atoms with van der Waals surface area (Å²) in [6, 6.07) is 6.38. The Kier molecular flexibility index (Phi) is 7.06. The predicted octanol–water partition coefficient (Wildman–Crippen LogP) is 2.10. The molecule has 1 unspecified atom stereocenters. The van der Waals surface area contributed by atoms with Crippen LogP contribution in [-0.4, -0.2) is 61.1 Å². The molecular weight excluding hydrogens is 361 g/mol. The number of carbonyl (C=O) groups excluding carboxylic acids is 2. The van der Waals surface area contributed by atoms with E-state index < -0.39 is 30.7 Å². The summed E-state index contributed by atoms with van der Waals surface area (Å²) in [5, 5.41) is 4.64. The number of likely N-dealkylation sites (tertiary alicyclic amines) is 1. The number of alkyl halides is 3. The highest BCUT2D eigenvalue weighted by Gasteiger charge is 2.36. The van der Waals surface area contributed by atoms with Crippen LogP contribution in [0.5, 0.6) is 0 Å². The molecule has 150 valence electrons. The quantitative estimate of drug-likeness (QED) is 0.787. The van der Waals surface area contributed by atoms with Crippen LogP contribution in [0, 0.1) is 0 Å². The van der Waals surface area contributed by atoms with E-state index in [9.17, 15) is 22.8 Å². The number of amides is 3. The summed E-state index contributed by atoms with van der Waals surface area (Å²) in [4.78, 5) is 27.8. The van der Waals surface area contributed by atoms with Crippen molar-refractivity contribution >= 4 is 11.9 Å². The first kappa shape index (κ1) is 21.0. The van der Waals surface area contributed by atoms with Crippen LogP contribution in [0.25, 0.3) is 0 Å². The third kappa shape index (κ3) is 6.42. The number of nitrogens with zero attached hydrogens (tertiary/aromatic N) is 2. The summed E-state index contributed by atoms with van der Waals surface area (Å²) in [5.74, 6) is -0.770. The van der Waals surface area contributed by atoms with E-state index in [0.717, 1.165) is 17.7 Å². The van der Waals surface area contributed by atoms with Gasteiger partial charge in [0.25, 0.3) is 0 Å². The zero-order valence-corrected chi connectivity index (χ0v) is 15.5. The predicted molar refractivity (Wildman–Crippen MR) is 94.9 cm³/mol. The fraction of sp³-hybridized carbons (Fsp3) is 0.556. The van der Waals surface area contributed by atoms with Crippen LogP contribution in [0.1, 0.15) is 24.0 Å². The number of rotatable bonds is 6. The fourth-order valence-corrected chi connectivity index (χ4v) is 3.08. The number of hydrogen-bond donors (Lipinski definition) is 2. The fourth-order valence-electron chi connectivity index (χ4n) is 3.08. The molecule has 0 spiro atoms.